The highest BCUT2D eigenvalue weighted by Gasteiger charge is 2.62. The summed E-state index contributed by atoms with van der Waals surface area (Å²) in [6.45, 7) is 3.56. The second-order valence-corrected chi connectivity index (χ2v) is 10.4. The van der Waals surface area contributed by atoms with E-state index in [1.165, 1.54) is 7.11 Å². The van der Waals surface area contributed by atoms with Gasteiger partial charge in [0.05, 0.1) is 41.7 Å². The van der Waals surface area contributed by atoms with Crippen molar-refractivity contribution in [1.82, 2.24) is 24.6 Å². The number of aryl methyl sites for hydroxylation is 1. The number of piperidine rings is 1. The highest BCUT2D eigenvalue weighted by Crippen LogP contribution is 2.65. The predicted molar refractivity (Wildman–Crippen MR) is 134 cm³/mol. The number of ether oxygens (including phenoxy) is 1. The Kier molecular flexibility index (Phi) is 5.50. The van der Waals surface area contributed by atoms with Crippen LogP contribution in [-0.2, 0) is 9.53 Å². The first-order valence-corrected chi connectivity index (χ1v) is 12.6. The molecule has 0 radical (unpaired) electrons. The molecule has 0 spiro atoms. The number of nitrogens with zero attached hydrogens (tertiary/aromatic N) is 5. The van der Waals surface area contributed by atoms with E-state index in [-0.39, 0.29) is 17.4 Å². The van der Waals surface area contributed by atoms with E-state index in [9.17, 15) is 9.59 Å². The quantitative estimate of drug-likeness (QED) is 0.523. The van der Waals surface area contributed by atoms with Gasteiger partial charge in [-0.15, -0.1) is 0 Å². The summed E-state index contributed by atoms with van der Waals surface area (Å²) in [5, 5.41) is 7.84. The minimum atomic E-state index is -0.368. The van der Waals surface area contributed by atoms with E-state index < -0.39 is 0 Å². The van der Waals surface area contributed by atoms with Gasteiger partial charge in [-0.25, -0.2) is 14.8 Å². The summed E-state index contributed by atoms with van der Waals surface area (Å²) in [5.74, 6) is 1.32. The zero-order chi connectivity index (χ0) is 24.9. The molecular formula is C27H30N6O3. The van der Waals surface area contributed by atoms with Crippen molar-refractivity contribution >= 4 is 23.5 Å². The van der Waals surface area contributed by atoms with Gasteiger partial charge in [-0.05, 0) is 62.6 Å². The smallest absolute Gasteiger partial charge is 0.337 e. The molecule has 1 amide bonds. The maximum atomic E-state index is 12.9. The number of carbonyl (C=O) groups is 2. The first kappa shape index (κ1) is 22.7. The summed E-state index contributed by atoms with van der Waals surface area (Å²) >= 11 is 0. The van der Waals surface area contributed by atoms with Crippen LogP contribution in [0.4, 0.5) is 11.6 Å². The highest BCUT2D eigenvalue weighted by molar-refractivity contribution is 5.90. The van der Waals surface area contributed by atoms with Crippen LogP contribution in [0.15, 0.2) is 42.9 Å². The molecule has 186 valence electrons. The minimum absolute atomic E-state index is 0.0105. The molecule has 4 aliphatic rings. The van der Waals surface area contributed by atoms with Crippen molar-refractivity contribution in [3.8, 4) is 11.3 Å². The lowest BCUT2D eigenvalue weighted by Gasteiger charge is -2.61. The van der Waals surface area contributed by atoms with Crippen LogP contribution >= 0.6 is 0 Å². The van der Waals surface area contributed by atoms with Crippen LogP contribution in [0.25, 0.3) is 11.3 Å². The fraction of sp³-hybridized carbons (Fsp3) is 0.444. The molecule has 0 atom stereocenters. The van der Waals surface area contributed by atoms with E-state index in [2.05, 4.69) is 20.3 Å². The molecule has 2 bridgehead atoms. The fourth-order valence-corrected chi connectivity index (χ4v) is 5.82. The average Bonchev–Trinajstić information content (AvgIpc) is 3.31. The molecule has 3 aromatic rings. The van der Waals surface area contributed by atoms with E-state index >= 15 is 0 Å². The van der Waals surface area contributed by atoms with Crippen LogP contribution in [0.1, 0.15) is 54.1 Å². The molecule has 4 fully saturated rings. The summed E-state index contributed by atoms with van der Waals surface area (Å²) < 4.78 is 6.77. The molecule has 3 saturated carbocycles. The molecule has 0 unspecified atom stereocenters. The second-order valence-electron chi connectivity index (χ2n) is 10.4. The Bertz CT molecular complexity index is 1290. The maximum absolute atomic E-state index is 12.9. The van der Waals surface area contributed by atoms with Gasteiger partial charge in [0.25, 0.3) is 0 Å². The van der Waals surface area contributed by atoms with Crippen LogP contribution in [0, 0.1) is 18.3 Å². The fourth-order valence-electron chi connectivity index (χ4n) is 5.82. The summed E-state index contributed by atoms with van der Waals surface area (Å²) in [6, 6.07) is 7.45. The zero-order valence-corrected chi connectivity index (χ0v) is 20.6. The number of hydrogen-bond donors (Lipinski definition) is 1. The maximum Gasteiger partial charge on any atom is 0.337 e. The van der Waals surface area contributed by atoms with E-state index in [1.807, 2.05) is 29.9 Å². The molecule has 9 nitrogen and oxygen atoms in total. The molecule has 3 aliphatic carbocycles. The number of hydrogen-bond acceptors (Lipinski definition) is 7. The van der Waals surface area contributed by atoms with Crippen molar-refractivity contribution in [2.45, 2.75) is 45.1 Å². The third-order valence-electron chi connectivity index (χ3n) is 8.03. The lowest BCUT2D eigenvalue weighted by atomic mass is 9.44. The molecule has 3 heterocycles. The van der Waals surface area contributed by atoms with E-state index in [0.29, 0.717) is 17.4 Å². The standard InChI is InChI=1S/C27H30N6O3/c1-17-14-28-26(31-23(17)19-3-5-20(6-4-19)24(34)36-2)30-21-15-29-33(16-21)22-7-9-32(10-8-22)25(35)27-11-18(12-27)13-27/h3-6,14-16,18,22H,7-13H2,1-2H3,(H,28,30,31). The first-order valence-electron chi connectivity index (χ1n) is 12.6. The lowest BCUT2D eigenvalue weighted by Crippen LogP contribution is -2.61. The number of carbonyl (C=O) groups excluding carboxylic acids is 2. The van der Waals surface area contributed by atoms with Crippen molar-refractivity contribution in [2.24, 2.45) is 11.3 Å². The Morgan fingerprint density at radius 3 is 2.44 bits per heavy atom. The number of anilines is 2. The lowest BCUT2D eigenvalue weighted by molar-refractivity contribution is -0.178. The average molecular weight is 487 g/mol. The number of aromatic nitrogens is 4. The van der Waals surface area contributed by atoms with Gasteiger partial charge in [-0.1, -0.05) is 12.1 Å². The Labute approximate surface area is 209 Å². The normalized spacial score (nSPS) is 22.9. The second kappa shape index (κ2) is 8.72. The van der Waals surface area contributed by atoms with Gasteiger partial charge in [-0.2, -0.15) is 5.10 Å². The molecule has 2 aromatic heterocycles. The van der Waals surface area contributed by atoms with Crippen LogP contribution in [-0.4, -0.2) is 56.7 Å². The Hall–Kier alpha value is -3.75. The minimum Gasteiger partial charge on any atom is -0.465 e. The third kappa shape index (κ3) is 3.92. The largest absolute Gasteiger partial charge is 0.465 e. The van der Waals surface area contributed by atoms with Crippen LogP contribution < -0.4 is 5.32 Å². The molecule has 9 heteroatoms. The molecule has 7 rings (SSSR count). The van der Waals surface area contributed by atoms with Crippen LogP contribution in [0.3, 0.4) is 0 Å². The third-order valence-corrected chi connectivity index (χ3v) is 8.03. The predicted octanol–water partition coefficient (Wildman–Crippen LogP) is 4.14. The summed E-state index contributed by atoms with van der Waals surface area (Å²) in [4.78, 5) is 35.8. The zero-order valence-electron chi connectivity index (χ0n) is 20.6. The summed E-state index contributed by atoms with van der Waals surface area (Å²) in [6.07, 6.45) is 10.7. The molecule has 36 heavy (non-hydrogen) atoms. The topological polar surface area (TPSA) is 102 Å². The highest BCUT2D eigenvalue weighted by atomic mass is 16.5. The number of likely N-dealkylation sites (tertiary alicyclic amines) is 1. The Morgan fingerprint density at radius 2 is 1.81 bits per heavy atom. The van der Waals surface area contributed by atoms with E-state index in [0.717, 1.165) is 73.6 Å². The van der Waals surface area contributed by atoms with Gasteiger partial charge in [0.1, 0.15) is 0 Å². The van der Waals surface area contributed by atoms with Crippen LogP contribution in [0.2, 0.25) is 0 Å². The number of nitrogens with one attached hydrogen (secondary N) is 1. The van der Waals surface area contributed by atoms with Crippen LogP contribution in [0.5, 0.6) is 0 Å². The molecule has 1 N–H and O–H groups in total. The molecular weight excluding hydrogens is 456 g/mol. The van der Waals surface area contributed by atoms with E-state index in [1.54, 1.807) is 24.5 Å². The van der Waals surface area contributed by atoms with Gasteiger partial charge < -0.3 is 15.0 Å². The number of methoxy groups -OCH3 is 1. The first-order chi connectivity index (χ1) is 17.4. The monoisotopic (exact) mass is 486 g/mol. The van der Waals surface area contributed by atoms with Gasteiger partial charge in [0.15, 0.2) is 0 Å². The number of benzene rings is 1. The van der Waals surface area contributed by atoms with Gasteiger partial charge in [-0.3, -0.25) is 9.48 Å². The molecule has 1 saturated heterocycles. The number of rotatable bonds is 6. The molecule has 1 aromatic carbocycles. The van der Waals surface area contributed by atoms with Crippen molar-refractivity contribution in [2.75, 3.05) is 25.5 Å². The van der Waals surface area contributed by atoms with E-state index in [4.69, 9.17) is 9.72 Å². The van der Waals surface area contributed by atoms with Gasteiger partial charge >= 0.3 is 5.97 Å². The van der Waals surface area contributed by atoms with Crippen molar-refractivity contribution < 1.29 is 14.3 Å². The SMILES string of the molecule is COC(=O)c1ccc(-c2nc(Nc3cnn(C4CCN(C(=O)C56CC(C5)C6)CC4)c3)ncc2C)cc1. The number of amides is 1. The molecule has 1 aliphatic heterocycles. The van der Waals surface area contributed by atoms with Crippen molar-refractivity contribution in [1.29, 1.82) is 0 Å². The Morgan fingerprint density at radius 1 is 1.08 bits per heavy atom. The Balaban J connectivity index is 1.10. The summed E-state index contributed by atoms with van der Waals surface area (Å²) in [5.41, 5.74) is 3.93. The summed E-state index contributed by atoms with van der Waals surface area (Å²) in [7, 11) is 1.37. The van der Waals surface area contributed by atoms with Crippen molar-refractivity contribution in [3.05, 3.63) is 54.0 Å². The number of esters is 1. The van der Waals surface area contributed by atoms with Crippen molar-refractivity contribution in [3.63, 3.8) is 0 Å². The van der Waals surface area contributed by atoms with Gasteiger partial charge in [0, 0.05) is 31.0 Å². The van der Waals surface area contributed by atoms with Gasteiger partial charge in [0.2, 0.25) is 11.9 Å².